The first-order chi connectivity index (χ1) is 17.0. The first-order valence-electron chi connectivity index (χ1n) is 12.1. The zero-order valence-electron chi connectivity index (χ0n) is 20.6. The summed E-state index contributed by atoms with van der Waals surface area (Å²) in [6.45, 7) is 0. The molecule has 0 bridgehead atoms. The number of carbonyl (C=O) groups is 1. The predicted molar refractivity (Wildman–Crippen MR) is 133 cm³/mol. The summed E-state index contributed by atoms with van der Waals surface area (Å²) >= 11 is 1.37. The number of carbonyl (C=O) groups excluding carboxylic acids is 1. The number of benzene rings is 1. The van der Waals surface area contributed by atoms with Crippen LogP contribution in [0.25, 0.3) is 11.4 Å². The third-order valence-electron chi connectivity index (χ3n) is 6.91. The molecule has 2 aliphatic carbocycles. The van der Waals surface area contributed by atoms with Crippen molar-refractivity contribution in [2.24, 2.45) is 0 Å². The molecule has 2 aliphatic rings. The molecule has 188 valence electrons. The molecular weight excluding hydrogens is 466 g/mol. The fourth-order valence-corrected chi connectivity index (χ4v) is 5.93. The standard InChI is InChI=1S/C25H33N5O4S/c1-32-19-13-17(14-20(33-2)22(19)34-3)23-28-29-24(30(23)18-9-5-4-6-10-18)35-15-21(31)27-25(16-26)11-7-8-12-25/h13-14,18H,4-12,15H2,1-3H3,(H,27,31). The lowest BCUT2D eigenvalue weighted by atomic mass is 9.95. The summed E-state index contributed by atoms with van der Waals surface area (Å²) in [5.74, 6) is 2.36. The first kappa shape index (κ1) is 25.2. The van der Waals surface area contributed by atoms with E-state index < -0.39 is 5.54 Å². The lowest BCUT2D eigenvalue weighted by Crippen LogP contribution is -2.45. The van der Waals surface area contributed by atoms with Crippen LogP contribution in [0.5, 0.6) is 17.2 Å². The van der Waals surface area contributed by atoms with Gasteiger partial charge in [-0.2, -0.15) is 5.26 Å². The summed E-state index contributed by atoms with van der Waals surface area (Å²) in [6.07, 6.45) is 8.94. The van der Waals surface area contributed by atoms with Crippen LogP contribution in [0.15, 0.2) is 17.3 Å². The highest BCUT2D eigenvalue weighted by Crippen LogP contribution is 2.43. The molecule has 0 aliphatic heterocycles. The van der Waals surface area contributed by atoms with E-state index in [1.54, 1.807) is 21.3 Å². The number of aromatic nitrogens is 3. The molecule has 2 aromatic rings. The van der Waals surface area contributed by atoms with Crippen LogP contribution in [0.2, 0.25) is 0 Å². The van der Waals surface area contributed by atoms with Crippen molar-refractivity contribution in [1.82, 2.24) is 20.1 Å². The number of methoxy groups -OCH3 is 3. The van der Waals surface area contributed by atoms with E-state index in [-0.39, 0.29) is 17.7 Å². The van der Waals surface area contributed by atoms with Gasteiger partial charge in [0.2, 0.25) is 11.7 Å². The number of thioether (sulfide) groups is 1. The third-order valence-corrected chi connectivity index (χ3v) is 7.85. The van der Waals surface area contributed by atoms with Gasteiger partial charge in [-0.15, -0.1) is 10.2 Å². The summed E-state index contributed by atoms with van der Waals surface area (Å²) in [5, 5.41) is 22.3. The van der Waals surface area contributed by atoms with Crippen molar-refractivity contribution >= 4 is 17.7 Å². The minimum absolute atomic E-state index is 0.147. The van der Waals surface area contributed by atoms with Crippen LogP contribution in [-0.4, -0.2) is 53.3 Å². The summed E-state index contributed by atoms with van der Waals surface area (Å²) in [4.78, 5) is 12.8. The fourth-order valence-electron chi connectivity index (χ4n) is 5.13. The maximum Gasteiger partial charge on any atom is 0.231 e. The predicted octanol–water partition coefficient (Wildman–Crippen LogP) is 4.52. The van der Waals surface area contributed by atoms with Crippen molar-refractivity contribution in [3.8, 4) is 34.7 Å². The van der Waals surface area contributed by atoms with Gasteiger partial charge in [0.05, 0.1) is 33.2 Å². The second kappa shape index (κ2) is 11.2. The summed E-state index contributed by atoms with van der Waals surface area (Å²) < 4.78 is 18.7. The van der Waals surface area contributed by atoms with Crippen LogP contribution in [-0.2, 0) is 4.79 Å². The first-order valence-corrected chi connectivity index (χ1v) is 13.1. The molecule has 4 rings (SSSR count). The lowest BCUT2D eigenvalue weighted by Gasteiger charge is -2.26. The molecule has 10 heteroatoms. The quantitative estimate of drug-likeness (QED) is 0.501. The van der Waals surface area contributed by atoms with Crippen LogP contribution in [0.4, 0.5) is 0 Å². The Labute approximate surface area is 210 Å². The van der Waals surface area contributed by atoms with Crippen molar-refractivity contribution in [1.29, 1.82) is 5.26 Å². The summed E-state index contributed by atoms with van der Waals surface area (Å²) in [6, 6.07) is 6.32. The number of nitrogens with one attached hydrogen (secondary N) is 1. The number of hydrogen-bond donors (Lipinski definition) is 1. The topological polar surface area (TPSA) is 111 Å². The molecule has 1 heterocycles. The van der Waals surface area contributed by atoms with Crippen molar-refractivity contribution in [3.05, 3.63) is 12.1 Å². The van der Waals surface area contributed by atoms with E-state index in [4.69, 9.17) is 14.2 Å². The van der Waals surface area contributed by atoms with E-state index in [2.05, 4.69) is 26.2 Å². The van der Waals surface area contributed by atoms with Gasteiger partial charge in [-0.1, -0.05) is 31.0 Å². The Morgan fingerprint density at radius 3 is 2.31 bits per heavy atom. The van der Waals surface area contributed by atoms with Gasteiger partial charge in [0.25, 0.3) is 0 Å². The van der Waals surface area contributed by atoms with E-state index in [0.29, 0.717) is 41.1 Å². The minimum atomic E-state index is -0.726. The highest BCUT2D eigenvalue weighted by molar-refractivity contribution is 7.99. The van der Waals surface area contributed by atoms with Crippen molar-refractivity contribution < 1.29 is 19.0 Å². The van der Waals surface area contributed by atoms with Crippen molar-refractivity contribution in [3.63, 3.8) is 0 Å². The molecule has 0 unspecified atom stereocenters. The maximum atomic E-state index is 12.8. The molecule has 0 saturated heterocycles. The highest BCUT2D eigenvalue weighted by Gasteiger charge is 2.35. The van der Waals surface area contributed by atoms with E-state index in [1.165, 1.54) is 18.2 Å². The SMILES string of the molecule is COc1cc(-c2nnc(SCC(=O)NC3(C#N)CCCC3)n2C2CCCCC2)cc(OC)c1OC. The van der Waals surface area contributed by atoms with Crippen LogP contribution >= 0.6 is 11.8 Å². The second-order valence-corrected chi connectivity index (χ2v) is 10.1. The zero-order valence-corrected chi connectivity index (χ0v) is 21.4. The molecule has 0 radical (unpaired) electrons. The Balaban J connectivity index is 1.63. The average molecular weight is 500 g/mol. The number of ether oxygens (including phenoxy) is 3. The van der Waals surface area contributed by atoms with Gasteiger partial charge in [0.15, 0.2) is 22.5 Å². The van der Waals surface area contributed by atoms with Gasteiger partial charge in [0, 0.05) is 11.6 Å². The third kappa shape index (κ3) is 5.35. The largest absolute Gasteiger partial charge is 0.493 e. The van der Waals surface area contributed by atoms with Crippen LogP contribution < -0.4 is 19.5 Å². The van der Waals surface area contributed by atoms with Crippen molar-refractivity contribution in [2.75, 3.05) is 27.1 Å². The molecule has 1 amide bonds. The lowest BCUT2D eigenvalue weighted by molar-refractivity contribution is -0.119. The molecular formula is C25H33N5O4S. The molecule has 1 aromatic heterocycles. The van der Waals surface area contributed by atoms with Gasteiger partial charge in [-0.25, -0.2) is 0 Å². The monoisotopic (exact) mass is 499 g/mol. The van der Waals surface area contributed by atoms with E-state index in [0.717, 1.165) is 44.1 Å². The normalized spacial score (nSPS) is 17.5. The summed E-state index contributed by atoms with van der Waals surface area (Å²) in [5.41, 5.74) is 0.0824. The van der Waals surface area contributed by atoms with Crippen LogP contribution in [0, 0.1) is 11.3 Å². The Kier molecular flexibility index (Phi) is 8.06. The molecule has 2 fully saturated rings. The van der Waals surface area contributed by atoms with E-state index in [1.807, 2.05) is 12.1 Å². The van der Waals surface area contributed by atoms with Crippen LogP contribution in [0.1, 0.15) is 63.8 Å². The van der Waals surface area contributed by atoms with Gasteiger partial charge in [-0.05, 0) is 50.7 Å². The molecule has 1 aromatic carbocycles. The number of rotatable bonds is 9. The molecule has 0 atom stereocenters. The summed E-state index contributed by atoms with van der Waals surface area (Å²) in [7, 11) is 4.75. The highest BCUT2D eigenvalue weighted by atomic mass is 32.2. The maximum absolute atomic E-state index is 12.8. The molecule has 9 nitrogen and oxygen atoms in total. The van der Waals surface area contributed by atoms with E-state index >= 15 is 0 Å². The number of hydrogen-bond acceptors (Lipinski definition) is 8. The molecule has 2 saturated carbocycles. The Morgan fingerprint density at radius 2 is 1.74 bits per heavy atom. The fraction of sp³-hybridized carbons (Fsp3) is 0.600. The Bertz CT molecular complexity index is 1060. The smallest absolute Gasteiger partial charge is 0.231 e. The second-order valence-electron chi connectivity index (χ2n) is 9.12. The zero-order chi connectivity index (χ0) is 24.8. The average Bonchev–Trinajstić information content (AvgIpc) is 3.54. The minimum Gasteiger partial charge on any atom is -0.493 e. The van der Waals surface area contributed by atoms with Gasteiger partial charge in [-0.3, -0.25) is 9.36 Å². The van der Waals surface area contributed by atoms with Gasteiger partial charge < -0.3 is 19.5 Å². The number of nitrogens with zero attached hydrogens (tertiary/aromatic N) is 4. The van der Waals surface area contributed by atoms with Crippen LogP contribution in [0.3, 0.4) is 0 Å². The Morgan fingerprint density at radius 1 is 1.09 bits per heavy atom. The molecule has 0 spiro atoms. The number of nitriles is 1. The number of amides is 1. The van der Waals surface area contributed by atoms with Gasteiger partial charge in [0.1, 0.15) is 5.54 Å². The molecule has 35 heavy (non-hydrogen) atoms. The van der Waals surface area contributed by atoms with E-state index in [9.17, 15) is 10.1 Å². The van der Waals surface area contributed by atoms with Gasteiger partial charge >= 0.3 is 0 Å². The molecule has 1 N–H and O–H groups in total. The van der Waals surface area contributed by atoms with Crippen molar-refractivity contribution in [2.45, 2.75) is 74.5 Å². The Hall–Kier alpha value is -2.93.